The second-order valence-electron chi connectivity index (χ2n) is 12.1. The molecule has 2 fully saturated rings. The number of nitrogens with zero attached hydrogens (tertiary/aromatic N) is 4. The second kappa shape index (κ2) is 13.8. The summed E-state index contributed by atoms with van der Waals surface area (Å²) in [7, 11) is -1.09. The molecule has 11 nitrogen and oxygen atoms in total. The minimum absolute atomic E-state index is 0.0157. The average Bonchev–Trinajstić information content (AvgIpc) is 3.32. The Hall–Kier alpha value is -3.55. The van der Waals surface area contributed by atoms with Crippen LogP contribution >= 0.6 is 23.2 Å². The summed E-state index contributed by atoms with van der Waals surface area (Å²) in [4.78, 5) is 35.2. The van der Waals surface area contributed by atoms with Crippen LogP contribution in [0.15, 0.2) is 65.6 Å². The third kappa shape index (κ3) is 6.09. The summed E-state index contributed by atoms with van der Waals surface area (Å²) in [6.07, 6.45) is 1.37. The van der Waals surface area contributed by atoms with Crippen molar-refractivity contribution in [2.24, 2.45) is 0 Å². The van der Waals surface area contributed by atoms with Gasteiger partial charge in [0.25, 0.3) is 15.9 Å². The van der Waals surface area contributed by atoms with Crippen LogP contribution in [0.4, 0.5) is 10.5 Å². The highest BCUT2D eigenvalue weighted by molar-refractivity contribution is 7.93. The van der Waals surface area contributed by atoms with Crippen molar-refractivity contribution >= 4 is 50.9 Å². The maximum atomic E-state index is 15.0. The van der Waals surface area contributed by atoms with Gasteiger partial charge < -0.3 is 24.0 Å². The van der Waals surface area contributed by atoms with Gasteiger partial charge in [-0.3, -0.25) is 9.69 Å². The molecule has 0 aromatic heterocycles. The van der Waals surface area contributed by atoms with Gasteiger partial charge in [-0.15, -0.1) is 0 Å². The predicted molar refractivity (Wildman–Crippen MR) is 183 cm³/mol. The van der Waals surface area contributed by atoms with Crippen molar-refractivity contribution in [2.45, 2.75) is 36.3 Å². The van der Waals surface area contributed by atoms with Crippen molar-refractivity contribution in [1.29, 1.82) is 0 Å². The Morgan fingerprint density at radius 2 is 1.65 bits per heavy atom. The Bertz CT molecular complexity index is 1810. The highest BCUT2D eigenvalue weighted by atomic mass is 35.5. The van der Waals surface area contributed by atoms with E-state index < -0.39 is 27.6 Å². The largest absolute Gasteiger partial charge is 0.497 e. The van der Waals surface area contributed by atoms with E-state index in [1.807, 2.05) is 0 Å². The lowest BCUT2D eigenvalue weighted by Gasteiger charge is -2.42. The number of halogens is 2. The molecular weight excluding hydrogens is 679 g/mol. The van der Waals surface area contributed by atoms with Gasteiger partial charge in [-0.05, 0) is 82.4 Å². The molecule has 3 aliphatic rings. The average molecular weight is 718 g/mol. The summed E-state index contributed by atoms with van der Waals surface area (Å²) in [5.74, 6) is -0.445. The van der Waals surface area contributed by atoms with Crippen molar-refractivity contribution in [2.75, 3.05) is 64.3 Å². The number of hydrogen-bond acceptors (Lipinski definition) is 9. The van der Waals surface area contributed by atoms with Crippen molar-refractivity contribution in [1.82, 2.24) is 14.7 Å². The lowest BCUT2D eigenvalue weighted by Crippen LogP contribution is -2.55. The molecular formula is C34H38Cl2N4O7S. The number of carbonyl (C=O) groups is 2. The van der Waals surface area contributed by atoms with E-state index >= 15 is 4.79 Å². The summed E-state index contributed by atoms with van der Waals surface area (Å²) in [6.45, 7) is 6.15. The first-order chi connectivity index (χ1) is 23.0. The number of benzene rings is 3. The standard InChI is InChI=1S/C34H38Cl2N4O7S/c1-4-46-30-8-6-5-7-26(30)34(47-33(42)39-19-17-38(18-20-39)24-13-15-37(2)16-14-24)27-22-25(45-3)10-11-29(27)40(32(34)41)48(43,44)31-12-9-23(35)21-28(31)36/h5-12,21-22,24H,4,13-20H2,1-3H3. The molecule has 3 aliphatic heterocycles. The Morgan fingerprint density at radius 1 is 0.938 bits per heavy atom. The molecule has 3 aromatic carbocycles. The van der Waals surface area contributed by atoms with Gasteiger partial charge in [-0.2, -0.15) is 4.31 Å². The maximum Gasteiger partial charge on any atom is 0.411 e. The number of likely N-dealkylation sites (tertiary alicyclic amines) is 1. The number of carbonyl (C=O) groups excluding carboxylic acids is 2. The highest BCUT2D eigenvalue weighted by Gasteiger charge is 2.61. The fourth-order valence-electron chi connectivity index (χ4n) is 6.77. The van der Waals surface area contributed by atoms with Crippen LogP contribution in [0.3, 0.4) is 0 Å². The van der Waals surface area contributed by atoms with Crippen LogP contribution in [0, 0.1) is 0 Å². The smallest absolute Gasteiger partial charge is 0.411 e. The molecule has 48 heavy (non-hydrogen) atoms. The van der Waals surface area contributed by atoms with Crippen LogP contribution in [0.5, 0.6) is 11.5 Å². The van der Waals surface area contributed by atoms with Gasteiger partial charge >= 0.3 is 6.09 Å². The van der Waals surface area contributed by atoms with E-state index in [9.17, 15) is 13.2 Å². The van der Waals surface area contributed by atoms with Crippen molar-refractivity contribution in [3.8, 4) is 11.5 Å². The van der Waals surface area contributed by atoms with Gasteiger partial charge in [0, 0.05) is 42.8 Å². The van der Waals surface area contributed by atoms with Gasteiger partial charge in [-0.1, -0.05) is 41.4 Å². The maximum absolute atomic E-state index is 15.0. The van der Waals surface area contributed by atoms with Gasteiger partial charge in [0.1, 0.15) is 16.4 Å². The minimum atomic E-state index is -4.66. The molecule has 2 saturated heterocycles. The molecule has 2 amide bonds. The molecule has 0 N–H and O–H groups in total. The third-order valence-corrected chi connectivity index (χ3v) is 11.7. The normalized spacial score (nSPS) is 20.9. The zero-order valence-corrected chi connectivity index (χ0v) is 29.4. The number of piperazine rings is 1. The number of rotatable bonds is 8. The summed E-state index contributed by atoms with van der Waals surface area (Å²) >= 11 is 12.5. The highest BCUT2D eigenvalue weighted by Crippen LogP contribution is 2.53. The molecule has 0 aliphatic carbocycles. The zero-order valence-electron chi connectivity index (χ0n) is 27.0. The fraction of sp³-hybridized carbons (Fsp3) is 0.412. The van der Waals surface area contributed by atoms with E-state index in [1.165, 1.54) is 43.5 Å². The van der Waals surface area contributed by atoms with E-state index in [1.54, 1.807) is 36.1 Å². The van der Waals surface area contributed by atoms with E-state index in [0.717, 1.165) is 25.9 Å². The Balaban J connectivity index is 1.44. The van der Waals surface area contributed by atoms with Crippen molar-refractivity contribution in [3.05, 3.63) is 81.8 Å². The number of sulfonamides is 1. The summed E-state index contributed by atoms with van der Waals surface area (Å²) in [5.41, 5.74) is -2.00. The molecule has 3 heterocycles. The summed E-state index contributed by atoms with van der Waals surface area (Å²) < 4.78 is 47.2. The number of amides is 2. The Labute approximate surface area is 290 Å². The van der Waals surface area contributed by atoms with Gasteiger partial charge in [0.2, 0.25) is 5.60 Å². The number of hydrogen-bond donors (Lipinski definition) is 0. The number of ether oxygens (including phenoxy) is 3. The molecule has 0 saturated carbocycles. The van der Waals surface area contributed by atoms with Crippen LogP contribution in [0.2, 0.25) is 10.0 Å². The molecule has 256 valence electrons. The number of methoxy groups -OCH3 is 1. The summed E-state index contributed by atoms with van der Waals surface area (Å²) in [5, 5.41) is 0.0544. The van der Waals surface area contributed by atoms with Gasteiger partial charge in [0.15, 0.2) is 0 Å². The van der Waals surface area contributed by atoms with Crippen LogP contribution in [-0.4, -0.2) is 101 Å². The number of para-hydroxylation sites is 1. The van der Waals surface area contributed by atoms with Crippen LogP contribution in [0.1, 0.15) is 30.9 Å². The summed E-state index contributed by atoms with van der Waals surface area (Å²) in [6, 6.07) is 15.5. The molecule has 1 atom stereocenters. The Kier molecular flexibility index (Phi) is 9.83. The number of piperidine rings is 1. The van der Waals surface area contributed by atoms with Crippen LogP contribution in [-0.2, 0) is 25.2 Å². The lowest BCUT2D eigenvalue weighted by molar-refractivity contribution is -0.132. The van der Waals surface area contributed by atoms with Crippen molar-refractivity contribution in [3.63, 3.8) is 0 Å². The van der Waals surface area contributed by atoms with E-state index in [2.05, 4.69) is 16.8 Å². The van der Waals surface area contributed by atoms with E-state index in [4.69, 9.17) is 37.4 Å². The molecule has 14 heteroatoms. The quantitative estimate of drug-likeness (QED) is 0.310. The SMILES string of the molecule is CCOc1ccccc1C1(OC(=O)N2CCN(C3CCN(C)CC3)CC2)C(=O)N(S(=O)(=O)c2ccc(Cl)cc2Cl)c2ccc(OC)cc21. The molecule has 6 rings (SSSR count). The molecule has 3 aromatic rings. The molecule has 0 spiro atoms. The number of anilines is 1. The Morgan fingerprint density at radius 3 is 2.31 bits per heavy atom. The first kappa shape index (κ1) is 34.3. The van der Waals surface area contributed by atoms with Gasteiger partial charge in [0.05, 0.1) is 30.0 Å². The fourth-order valence-corrected chi connectivity index (χ4v) is 8.98. The molecule has 0 bridgehead atoms. The monoisotopic (exact) mass is 716 g/mol. The van der Waals surface area contributed by atoms with E-state index in [-0.39, 0.29) is 44.1 Å². The van der Waals surface area contributed by atoms with Crippen molar-refractivity contribution < 1.29 is 32.2 Å². The second-order valence-corrected chi connectivity index (χ2v) is 14.7. The first-order valence-corrected chi connectivity index (χ1v) is 18.1. The van der Waals surface area contributed by atoms with Gasteiger partial charge in [-0.25, -0.2) is 13.2 Å². The third-order valence-electron chi connectivity index (χ3n) is 9.28. The predicted octanol–water partition coefficient (Wildman–Crippen LogP) is 5.23. The first-order valence-electron chi connectivity index (χ1n) is 15.9. The zero-order chi connectivity index (χ0) is 34.2. The molecule has 1 unspecified atom stereocenters. The topological polar surface area (TPSA) is 109 Å². The minimum Gasteiger partial charge on any atom is -0.497 e. The van der Waals surface area contributed by atoms with E-state index in [0.29, 0.717) is 42.3 Å². The lowest BCUT2D eigenvalue weighted by atomic mass is 9.86. The molecule has 0 radical (unpaired) electrons. The number of fused-ring (bicyclic) bond motifs is 1. The van der Waals surface area contributed by atoms with Crippen LogP contribution < -0.4 is 13.8 Å². The van der Waals surface area contributed by atoms with Crippen LogP contribution in [0.25, 0.3) is 0 Å².